The van der Waals surface area contributed by atoms with Crippen LogP contribution in [0.3, 0.4) is 0 Å². The summed E-state index contributed by atoms with van der Waals surface area (Å²) in [6, 6.07) is 56.0. The van der Waals surface area contributed by atoms with E-state index >= 15 is 0 Å². The van der Waals surface area contributed by atoms with Crippen LogP contribution >= 0.6 is 36.6 Å². The van der Waals surface area contributed by atoms with E-state index in [4.69, 9.17) is 46.5 Å². The molecule has 16 heteroatoms. The molecule has 0 spiro atoms. The molecule has 0 amide bonds. The van der Waals surface area contributed by atoms with Gasteiger partial charge >= 0.3 is 242 Å². The van der Waals surface area contributed by atoms with Gasteiger partial charge in [-0.25, -0.2) is 0 Å². The third-order valence-corrected chi connectivity index (χ3v) is 24.7. The molecule has 0 unspecified atom stereocenters. The SMILES string of the molecule is CC(C)OP(OC(C)C)OC(C)C.CC(C)O[PH+](OC(C)C)OC(C)C.Cc1cc(C)c(N2[CH-]N(c3c(C)cc(C)cc3C)CC2)c(C)c1.Cc1cc(C)c(N2[CH-]N(c3c(C)cc(C)cc3C)CC2)c(C)c1.[Cl][Ru]([Cl])=[C]1C=C(c2ccccc2)c2ccccc21.[Ru+]=[C]1C=C(c2ccccc2)c2ccccc21. The van der Waals surface area contributed by atoms with Gasteiger partial charge < -0.3 is 33.2 Å². The fourth-order valence-electron chi connectivity index (χ4n) is 13.7. The van der Waals surface area contributed by atoms with Crippen LogP contribution in [0.15, 0.2) is 170 Å². The molecule has 0 saturated carbocycles. The number of aryl methyl sites for hydroxylation is 12. The summed E-state index contributed by atoms with van der Waals surface area (Å²) in [6.07, 6.45) is 5.30. The molecule has 2 saturated heterocycles. The molecule has 0 bridgehead atoms. The van der Waals surface area contributed by atoms with Gasteiger partial charge in [-0.05, 0) is 211 Å². The fourth-order valence-corrected chi connectivity index (χ4v) is 19.3. The zero-order chi connectivity index (χ0) is 77.8. The van der Waals surface area contributed by atoms with E-state index in [1.807, 2.05) is 107 Å². The number of hydrogen-bond donors (Lipinski definition) is 0. The second-order valence-electron chi connectivity index (χ2n) is 29.2. The Morgan fingerprint density at radius 3 is 0.887 bits per heavy atom. The van der Waals surface area contributed by atoms with E-state index in [9.17, 15) is 0 Å². The number of anilines is 4. The molecule has 0 atom stereocenters. The first-order chi connectivity index (χ1) is 50.2. The first kappa shape index (κ1) is 87.8. The summed E-state index contributed by atoms with van der Waals surface area (Å²) in [5.41, 5.74) is 31.8. The first-order valence-electron chi connectivity index (χ1n) is 37.1. The summed E-state index contributed by atoms with van der Waals surface area (Å²) in [6.45, 7) is 58.9. The third-order valence-electron chi connectivity index (χ3n) is 17.1. The van der Waals surface area contributed by atoms with Crippen molar-refractivity contribution in [2.75, 3.05) is 45.8 Å². The van der Waals surface area contributed by atoms with Crippen LogP contribution < -0.4 is 19.6 Å². The first-order valence-corrected chi connectivity index (χ1v) is 45.6. The molecular formula is C90H117Cl2N4O6P2Ru2. The Kier molecular flexibility index (Phi) is 34.9. The Hall–Kier alpha value is -5.37. The number of hydrogen-bond acceptors (Lipinski definition) is 10. The van der Waals surface area contributed by atoms with Crippen LogP contribution in [0.1, 0.15) is 183 Å². The van der Waals surface area contributed by atoms with Gasteiger partial charge in [-0.3, -0.25) is 0 Å². The maximum atomic E-state index is 6.19. The molecule has 573 valence electrons. The van der Waals surface area contributed by atoms with Crippen LogP contribution in [0.2, 0.25) is 0 Å². The van der Waals surface area contributed by atoms with Gasteiger partial charge in [0.15, 0.2) is 0 Å². The van der Waals surface area contributed by atoms with Gasteiger partial charge in [0.2, 0.25) is 0 Å². The average Bonchev–Trinajstić information content (AvgIpc) is 1.65. The van der Waals surface area contributed by atoms with Gasteiger partial charge in [-0.15, -0.1) is 0 Å². The van der Waals surface area contributed by atoms with Crippen molar-refractivity contribution in [3.63, 3.8) is 0 Å². The molecule has 0 aromatic heterocycles. The zero-order valence-electron chi connectivity index (χ0n) is 67.3. The molecule has 8 aromatic carbocycles. The van der Waals surface area contributed by atoms with E-state index in [1.165, 1.54) is 138 Å². The molecule has 8 aromatic rings. The van der Waals surface area contributed by atoms with Crippen LogP contribution in [0.25, 0.3) is 11.1 Å². The molecule has 0 N–H and O–H groups in total. The molecule has 2 fully saturated rings. The Labute approximate surface area is 663 Å². The van der Waals surface area contributed by atoms with Crippen LogP contribution in [0.5, 0.6) is 0 Å². The van der Waals surface area contributed by atoms with Crippen LogP contribution in [-0.4, -0.2) is 71.0 Å². The number of allylic oxidation sites excluding steroid dienone is 2. The summed E-state index contributed by atoms with van der Waals surface area (Å²) < 4.78 is 35.5. The normalized spacial score (nSPS) is 13.9. The van der Waals surface area contributed by atoms with Gasteiger partial charge in [0.25, 0.3) is 0 Å². The third kappa shape index (κ3) is 25.9. The van der Waals surface area contributed by atoms with Crippen LogP contribution in [-0.2, 0) is 58.5 Å². The van der Waals surface area contributed by atoms with Crippen molar-refractivity contribution in [1.29, 1.82) is 0 Å². The Balaban J connectivity index is 0.000000180. The number of rotatable bonds is 18. The van der Waals surface area contributed by atoms with Gasteiger partial charge in [0.05, 0.1) is 18.3 Å². The summed E-state index contributed by atoms with van der Waals surface area (Å²) in [7, 11) is 9.66. The number of halogens is 2. The standard InChI is InChI=1S/2C21H27N2.2C15H10.C9H22O3P.C9H21O3P.2ClH.2Ru/c2*1-14-9-16(3)20(17(4)10-14)22-7-8-23(13-22)21-18(5)11-15(2)12-19(21)6;2*1-2-6-12(7-3-1)15-11-10-13-8-4-5-9-14(13)15;2*1-7(2)10-13(11-8(3)4)12-9(5)6;;;;/h2*9-13H,7-8H2,1-6H3;2*1-9,11H;7-9,13H,1-6H3;7-9H,1-6H3;2*1H;;/q2*-1;;;+1;;;;+1;+2/p-2. The predicted octanol–water partition coefficient (Wildman–Crippen LogP) is 24.5. The second-order valence-corrected chi connectivity index (χ2v) is 38.3. The van der Waals surface area contributed by atoms with Crippen molar-refractivity contribution in [1.82, 2.24) is 0 Å². The zero-order valence-corrected chi connectivity index (χ0v) is 74.1. The molecule has 10 nitrogen and oxygen atoms in total. The quantitative estimate of drug-likeness (QED) is 0.0471. The van der Waals surface area contributed by atoms with E-state index < -0.39 is 30.7 Å². The predicted molar refractivity (Wildman–Crippen MR) is 453 cm³/mol. The number of fused-ring (bicyclic) bond motifs is 2. The fraction of sp³-hybridized carbons (Fsp3) is 0.378. The molecule has 2 heterocycles. The summed E-state index contributed by atoms with van der Waals surface area (Å²) in [5.74, 6) is 0. The Bertz CT molecular complexity index is 3880. The molecule has 2 aliphatic carbocycles. The van der Waals surface area contributed by atoms with Gasteiger partial charge in [-0.2, -0.15) is 26.9 Å². The van der Waals surface area contributed by atoms with Crippen molar-refractivity contribution < 1.29 is 58.5 Å². The summed E-state index contributed by atoms with van der Waals surface area (Å²) in [4.78, 5) is 9.62. The van der Waals surface area contributed by atoms with Gasteiger partial charge in [-0.1, -0.05) is 70.8 Å². The van der Waals surface area contributed by atoms with Crippen molar-refractivity contribution in [2.24, 2.45) is 0 Å². The topological polar surface area (TPSA) is 68.3 Å². The summed E-state index contributed by atoms with van der Waals surface area (Å²) in [5, 5.41) is 0. The van der Waals surface area contributed by atoms with Crippen LogP contribution in [0.4, 0.5) is 22.7 Å². The van der Waals surface area contributed by atoms with E-state index in [0.29, 0.717) is 0 Å². The van der Waals surface area contributed by atoms with E-state index in [0.717, 1.165) is 30.3 Å². The molecule has 2 aliphatic heterocycles. The molecule has 106 heavy (non-hydrogen) atoms. The van der Waals surface area contributed by atoms with Crippen molar-refractivity contribution in [2.45, 2.75) is 203 Å². The Morgan fingerprint density at radius 2 is 0.613 bits per heavy atom. The molecular weight excluding hydrogens is 1570 g/mol. The van der Waals surface area contributed by atoms with Crippen LogP contribution in [0, 0.1) is 96.4 Å². The van der Waals surface area contributed by atoms with Crippen molar-refractivity contribution in [3.8, 4) is 0 Å². The maximum absolute atomic E-state index is 6.19. The number of benzene rings is 8. The van der Waals surface area contributed by atoms with E-state index in [-0.39, 0.29) is 36.6 Å². The van der Waals surface area contributed by atoms with Crippen molar-refractivity contribution in [3.05, 3.63) is 283 Å². The van der Waals surface area contributed by atoms with Crippen molar-refractivity contribution >= 4 is 78.7 Å². The molecule has 4 aliphatic rings. The minimum absolute atomic E-state index is 0.142. The van der Waals surface area contributed by atoms with Gasteiger partial charge in [0, 0.05) is 48.9 Å². The van der Waals surface area contributed by atoms with Gasteiger partial charge in [0.1, 0.15) is 18.3 Å². The average molecular weight is 1690 g/mol. The second kappa shape index (κ2) is 42.2. The molecule has 0 radical (unpaired) electrons. The van der Waals surface area contributed by atoms with E-state index in [2.05, 4.69) is 279 Å². The minimum atomic E-state index is -1.88. The Morgan fingerprint density at radius 1 is 0.358 bits per heavy atom. The monoisotopic (exact) mass is 1690 g/mol. The van der Waals surface area contributed by atoms with E-state index in [1.54, 1.807) is 0 Å². The number of nitrogens with zero attached hydrogens (tertiary/aromatic N) is 4. The summed E-state index contributed by atoms with van der Waals surface area (Å²) >= 11 is 0.832. The molecule has 12 rings (SSSR count).